The van der Waals surface area contributed by atoms with Crippen molar-refractivity contribution in [3.05, 3.63) is 35.4 Å². The number of nitrogens with zero attached hydrogens (tertiary/aromatic N) is 1. The summed E-state index contributed by atoms with van der Waals surface area (Å²) in [5.74, 6) is 1.14. The Morgan fingerprint density at radius 2 is 2.06 bits per heavy atom. The van der Waals surface area contributed by atoms with Crippen LogP contribution in [0.3, 0.4) is 0 Å². The van der Waals surface area contributed by atoms with Crippen LogP contribution in [0.4, 0.5) is 0 Å². The summed E-state index contributed by atoms with van der Waals surface area (Å²) in [6.07, 6.45) is 4.81. The first-order valence-corrected chi connectivity index (χ1v) is 6.34. The molecular weight excluding hydrogens is 212 g/mol. The summed E-state index contributed by atoms with van der Waals surface area (Å²) in [5, 5.41) is 12.5. The Morgan fingerprint density at radius 1 is 1.18 bits per heavy atom. The molecule has 2 rings (SSSR count). The second-order valence-corrected chi connectivity index (χ2v) is 4.47. The van der Waals surface area contributed by atoms with Crippen molar-refractivity contribution in [3.8, 4) is 0 Å². The van der Waals surface area contributed by atoms with Gasteiger partial charge in [-0.25, -0.2) is 0 Å². The van der Waals surface area contributed by atoms with Crippen molar-refractivity contribution in [2.45, 2.75) is 38.8 Å². The minimum Gasteiger partial charge on any atom is -0.392 e. The highest BCUT2D eigenvalue weighted by molar-refractivity contribution is 5.82. The first-order valence-electron chi connectivity index (χ1n) is 6.34. The number of nitrogens with one attached hydrogen (secondary N) is 1. The fourth-order valence-electron chi connectivity index (χ4n) is 2.06. The molecule has 0 unspecified atom stereocenters. The molecule has 0 bridgehead atoms. The molecule has 1 aromatic rings. The molecule has 17 heavy (non-hydrogen) atoms. The number of hydrogen-bond acceptors (Lipinski definition) is 3. The van der Waals surface area contributed by atoms with E-state index in [1.165, 1.54) is 24.8 Å². The average Bonchev–Trinajstić information content (AvgIpc) is 2.65. The SMILES string of the molecule is OCc1cccc(CNC2=NCCCCC2)c1. The fraction of sp³-hybridized carbons (Fsp3) is 0.500. The molecule has 0 atom stereocenters. The van der Waals surface area contributed by atoms with Gasteiger partial charge in [0.2, 0.25) is 0 Å². The lowest BCUT2D eigenvalue weighted by Crippen LogP contribution is -2.22. The molecule has 0 amide bonds. The summed E-state index contributed by atoms with van der Waals surface area (Å²) in [6, 6.07) is 8.03. The quantitative estimate of drug-likeness (QED) is 0.839. The fourth-order valence-corrected chi connectivity index (χ4v) is 2.06. The van der Waals surface area contributed by atoms with Crippen LogP contribution in [0.25, 0.3) is 0 Å². The molecule has 1 heterocycles. The summed E-state index contributed by atoms with van der Waals surface area (Å²) in [7, 11) is 0. The highest BCUT2D eigenvalue weighted by Gasteiger charge is 2.03. The molecule has 0 saturated carbocycles. The van der Waals surface area contributed by atoms with E-state index in [0.717, 1.165) is 30.9 Å². The van der Waals surface area contributed by atoms with Gasteiger partial charge in [0.25, 0.3) is 0 Å². The third-order valence-electron chi connectivity index (χ3n) is 3.04. The zero-order valence-electron chi connectivity index (χ0n) is 10.2. The summed E-state index contributed by atoms with van der Waals surface area (Å²) in [6.45, 7) is 1.86. The summed E-state index contributed by atoms with van der Waals surface area (Å²) in [4.78, 5) is 4.54. The predicted molar refractivity (Wildman–Crippen MR) is 70.0 cm³/mol. The maximum Gasteiger partial charge on any atom is 0.0965 e. The van der Waals surface area contributed by atoms with Crippen molar-refractivity contribution in [2.75, 3.05) is 6.54 Å². The van der Waals surface area contributed by atoms with E-state index in [-0.39, 0.29) is 6.61 Å². The molecular formula is C14H20N2O. The largest absolute Gasteiger partial charge is 0.392 e. The van der Waals surface area contributed by atoms with Crippen LogP contribution in [0, 0.1) is 0 Å². The first-order chi connectivity index (χ1) is 8.38. The maximum atomic E-state index is 9.07. The highest BCUT2D eigenvalue weighted by atomic mass is 16.3. The molecule has 0 saturated heterocycles. The smallest absolute Gasteiger partial charge is 0.0965 e. The van der Waals surface area contributed by atoms with E-state index in [9.17, 15) is 0 Å². The second kappa shape index (κ2) is 6.40. The standard InChI is InChI=1S/C14H20N2O/c17-11-13-6-4-5-12(9-13)10-16-14-7-2-1-3-8-15-14/h4-6,9,17H,1-3,7-8,10-11H2,(H,15,16). The number of aliphatic hydroxyl groups excluding tert-OH is 1. The lowest BCUT2D eigenvalue weighted by molar-refractivity contribution is 0.281. The molecule has 0 radical (unpaired) electrons. The summed E-state index contributed by atoms with van der Waals surface area (Å²) < 4.78 is 0. The molecule has 92 valence electrons. The first kappa shape index (κ1) is 12.1. The molecule has 0 aliphatic carbocycles. The molecule has 0 spiro atoms. The van der Waals surface area contributed by atoms with Crippen molar-refractivity contribution in [3.63, 3.8) is 0 Å². The summed E-state index contributed by atoms with van der Waals surface area (Å²) in [5.41, 5.74) is 2.16. The van der Waals surface area contributed by atoms with Gasteiger partial charge >= 0.3 is 0 Å². The number of aliphatic imine (C=N–C) groups is 1. The van der Waals surface area contributed by atoms with Crippen molar-refractivity contribution in [1.29, 1.82) is 0 Å². The highest BCUT2D eigenvalue weighted by Crippen LogP contribution is 2.08. The van der Waals surface area contributed by atoms with Gasteiger partial charge in [-0.05, 0) is 24.0 Å². The second-order valence-electron chi connectivity index (χ2n) is 4.47. The average molecular weight is 232 g/mol. The van der Waals surface area contributed by atoms with Crippen molar-refractivity contribution in [1.82, 2.24) is 5.32 Å². The molecule has 2 N–H and O–H groups in total. The van der Waals surface area contributed by atoms with Crippen molar-refractivity contribution in [2.24, 2.45) is 4.99 Å². The Hall–Kier alpha value is -1.35. The maximum absolute atomic E-state index is 9.07. The minimum absolute atomic E-state index is 0.106. The number of hydrogen-bond donors (Lipinski definition) is 2. The van der Waals surface area contributed by atoms with Crippen LogP contribution in [0.15, 0.2) is 29.3 Å². The Kier molecular flexibility index (Phi) is 4.56. The Morgan fingerprint density at radius 3 is 2.94 bits per heavy atom. The zero-order valence-corrected chi connectivity index (χ0v) is 10.2. The zero-order chi connectivity index (χ0) is 11.9. The predicted octanol–water partition coefficient (Wildman–Crippen LogP) is 2.24. The van der Waals surface area contributed by atoms with Gasteiger partial charge in [-0.1, -0.05) is 30.7 Å². The number of amidine groups is 1. The molecule has 3 heteroatoms. The van der Waals surface area contributed by atoms with Crippen LogP contribution in [0.2, 0.25) is 0 Å². The van der Waals surface area contributed by atoms with Crippen molar-refractivity contribution < 1.29 is 5.11 Å². The molecule has 1 aliphatic heterocycles. The Bertz CT molecular complexity index is 388. The third kappa shape index (κ3) is 3.86. The van der Waals surface area contributed by atoms with E-state index in [4.69, 9.17) is 5.11 Å². The topological polar surface area (TPSA) is 44.6 Å². The Labute approximate surface area is 103 Å². The number of aliphatic hydroxyl groups is 1. The van der Waals surface area contributed by atoms with Crippen LogP contribution < -0.4 is 5.32 Å². The van der Waals surface area contributed by atoms with Gasteiger partial charge in [-0.2, -0.15) is 0 Å². The minimum atomic E-state index is 0.106. The molecule has 3 nitrogen and oxygen atoms in total. The van der Waals surface area contributed by atoms with Crippen LogP contribution in [0.5, 0.6) is 0 Å². The van der Waals surface area contributed by atoms with E-state index < -0.39 is 0 Å². The van der Waals surface area contributed by atoms with Gasteiger partial charge in [0.05, 0.1) is 12.4 Å². The molecule has 0 fully saturated rings. The van der Waals surface area contributed by atoms with Gasteiger partial charge in [0, 0.05) is 19.5 Å². The Balaban J connectivity index is 1.90. The van der Waals surface area contributed by atoms with E-state index in [2.05, 4.69) is 16.4 Å². The monoisotopic (exact) mass is 232 g/mol. The van der Waals surface area contributed by atoms with Crippen molar-refractivity contribution >= 4 is 5.84 Å². The van der Waals surface area contributed by atoms with Gasteiger partial charge in [-0.15, -0.1) is 0 Å². The van der Waals surface area contributed by atoms with Crippen LogP contribution >= 0.6 is 0 Å². The van der Waals surface area contributed by atoms with Gasteiger partial charge in [0.1, 0.15) is 0 Å². The molecule has 1 aliphatic rings. The third-order valence-corrected chi connectivity index (χ3v) is 3.04. The van der Waals surface area contributed by atoms with Gasteiger partial charge < -0.3 is 10.4 Å². The van der Waals surface area contributed by atoms with Crippen LogP contribution in [-0.4, -0.2) is 17.5 Å². The summed E-state index contributed by atoms with van der Waals surface area (Å²) >= 11 is 0. The lowest BCUT2D eigenvalue weighted by atomic mass is 10.1. The number of benzene rings is 1. The van der Waals surface area contributed by atoms with Gasteiger partial charge in [-0.3, -0.25) is 4.99 Å². The van der Waals surface area contributed by atoms with E-state index in [1.807, 2.05) is 18.2 Å². The van der Waals surface area contributed by atoms with E-state index >= 15 is 0 Å². The van der Waals surface area contributed by atoms with Gasteiger partial charge in [0.15, 0.2) is 0 Å². The van der Waals surface area contributed by atoms with E-state index in [0.29, 0.717) is 0 Å². The van der Waals surface area contributed by atoms with E-state index in [1.54, 1.807) is 0 Å². The van der Waals surface area contributed by atoms with Crippen LogP contribution in [-0.2, 0) is 13.2 Å². The number of rotatable bonds is 3. The normalized spacial score (nSPS) is 16.2. The lowest BCUT2D eigenvalue weighted by Gasteiger charge is -2.09. The van der Waals surface area contributed by atoms with Crippen LogP contribution in [0.1, 0.15) is 36.8 Å². The molecule has 1 aromatic carbocycles. The molecule has 0 aromatic heterocycles.